The van der Waals surface area contributed by atoms with Gasteiger partial charge in [-0.2, -0.15) is 20.0 Å². The van der Waals surface area contributed by atoms with E-state index in [1.807, 2.05) is 11.0 Å². The number of nitrogens with two attached hydrogens (primary N) is 1. The summed E-state index contributed by atoms with van der Waals surface area (Å²) in [6, 6.07) is 2.26. The smallest absolute Gasteiger partial charge is 0.291 e. The third-order valence-electron chi connectivity index (χ3n) is 8.06. The van der Waals surface area contributed by atoms with Gasteiger partial charge in [0.2, 0.25) is 11.6 Å². The largest absolute Gasteiger partial charge is 0.383 e. The van der Waals surface area contributed by atoms with E-state index in [9.17, 15) is 4.79 Å². The quantitative estimate of drug-likeness (QED) is 0.432. The van der Waals surface area contributed by atoms with E-state index < -0.39 is 0 Å². The van der Waals surface area contributed by atoms with Crippen LogP contribution >= 0.6 is 0 Å². The molecule has 1 aliphatic carbocycles. The first-order chi connectivity index (χ1) is 18.1. The molecule has 1 amide bonds. The summed E-state index contributed by atoms with van der Waals surface area (Å²) in [5, 5.41) is 20.2. The highest BCUT2D eigenvalue weighted by Gasteiger charge is 2.43. The number of anilines is 1. The molecular weight excluding hydrogens is 470 g/mol. The Bertz CT molecular complexity index is 1530. The van der Waals surface area contributed by atoms with Gasteiger partial charge in [0.15, 0.2) is 5.65 Å². The fourth-order valence-corrected chi connectivity index (χ4v) is 6.20. The Morgan fingerprint density at radius 1 is 1.03 bits per heavy atom. The molecule has 12 nitrogen and oxygen atoms in total. The van der Waals surface area contributed by atoms with Gasteiger partial charge in [-0.1, -0.05) is 0 Å². The highest BCUT2D eigenvalue weighted by atomic mass is 16.2. The van der Waals surface area contributed by atoms with E-state index in [2.05, 4.69) is 30.2 Å². The van der Waals surface area contributed by atoms with E-state index in [0.717, 1.165) is 67.3 Å². The van der Waals surface area contributed by atoms with Crippen molar-refractivity contribution >= 4 is 17.4 Å². The minimum Gasteiger partial charge on any atom is -0.383 e. The molecule has 0 radical (unpaired) electrons. The number of H-pyrrole nitrogens is 1. The standard InChI is InChI=1S/C25H25N11O/c26-8-19-28-9-15(10-29-19)18-11-32-36-22(27)20(13-1-2-13)21(33-24(18)36)14-3-4-16-5-6-17(7-14)35(16)25(37)23-30-12-31-34-23/h9-14,16-17H,1-7,27H2,(H,30,31,34)/t14-,16-,17-/m0/s1. The lowest BCUT2D eigenvalue weighted by atomic mass is 9.86. The summed E-state index contributed by atoms with van der Waals surface area (Å²) in [5.74, 6) is 1.55. The number of nitriles is 1. The lowest BCUT2D eigenvalue weighted by molar-refractivity contribution is 0.0657. The predicted octanol–water partition coefficient (Wildman–Crippen LogP) is 2.58. The van der Waals surface area contributed by atoms with Crippen LogP contribution < -0.4 is 5.73 Å². The molecule has 6 heterocycles. The van der Waals surface area contributed by atoms with Gasteiger partial charge in [0.05, 0.1) is 11.9 Å². The molecule has 0 spiro atoms. The number of nitrogens with zero attached hydrogens (tertiary/aromatic N) is 9. The Balaban J connectivity index is 1.29. The second kappa shape index (κ2) is 8.33. The number of nitrogens with one attached hydrogen (secondary N) is 1. The summed E-state index contributed by atoms with van der Waals surface area (Å²) >= 11 is 0. The zero-order chi connectivity index (χ0) is 25.1. The first-order valence-corrected chi connectivity index (χ1v) is 12.7. The van der Waals surface area contributed by atoms with Crippen LogP contribution in [0.2, 0.25) is 0 Å². The van der Waals surface area contributed by atoms with Crippen molar-refractivity contribution in [2.24, 2.45) is 0 Å². The van der Waals surface area contributed by atoms with E-state index in [4.69, 9.17) is 16.0 Å². The molecule has 37 heavy (non-hydrogen) atoms. The third-order valence-corrected chi connectivity index (χ3v) is 8.06. The molecule has 3 atom stereocenters. The van der Waals surface area contributed by atoms with Gasteiger partial charge in [-0.3, -0.25) is 9.89 Å². The van der Waals surface area contributed by atoms with Gasteiger partial charge < -0.3 is 10.6 Å². The SMILES string of the molecule is N#Cc1ncc(-c2cnn3c(N)c(C4CC4)c([C@H]4CC[C@H]5CC[C@@H](C4)N5C(=O)c4ncn[nH]4)nc23)cn1. The zero-order valence-electron chi connectivity index (χ0n) is 20.1. The first-order valence-electron chi connectivity index (χ1n) is 12.7. The van der Waals surface area contributed by atoms with Crippen molar-refractivity contribution < 1.29 is 4.79 Å². The Kier molecular flexibility index (Phi) is 4.92. The molecule has 0 unspecified atom stereocenters. The summed E-state index contributed by atoms with van der Waals surface area (Å²) in [7, 11) is 0. The molecule has 186 valence electrons. The number of carbonyl (C=O) groups excluding carboxylic acids is 1. The van der Waals surface area contributed by atoms with Crippen molar-refractivity contribution in [1.82, 2.24) is 44.6 Å². The molecule has 3 N–H and O–H groups in total. The maximum Gasteiger partial charge on any atom is 0.291 e. The molecule has 2 aliphatic heterocycles. The van der Waals surface area contributed by atoms with Gasteiger partial charge in [0, 0.05) is 47.1 Å². The number of fused-ring (bicyclic) bond motifs is 3. The van der Waals surface area contributed by atoms with E-state index in [-0.39, 0.29) is 29.7 Å². The summed E-state index contributed by atoms with van der Waals surface area (Å²) in [4.78, 5) is 32.8. The molecule has 0 aromatic carbocycles. The summed E-state index contributed by atoms with van der Waals surface area (Å²) in [6.07, 6.45) is 13.2. The van der Waals surface area contributed by atoms with Gasteiger partial charge >= 0.3 is 0 Å². The van der Waals surface area contributed by atoms with E-state index in [1.165, 1.54) is 6.33 Å². The van der Waals surface area contributed by atoms with Crippen molar-refractivity contribution in [3.8, 4) is 17.2 Å². The number of carbonyl (C=O) groups is 1. The van der Waals surface area contributed by atoms with Crippen molar-refractivity contribution in [2.45, 2.75) is 68.9 Å². The number of hydrogen-bond donors (Lipinski definition) is 2. The monoisotopic (exact) mass is 495 g/mol. The first kappa shape index (κ1) is 21.8. The Hall–Kier alpha value is -4.40. The lowest BCUT2D eigenvalue weighted by Crippen LogP contribution is -2.40. The maximum absolute atomic E-state index is 13.3. The minimum absolute atomic E-state index is 0.0742. The third kappa shape index (κ3) is 3.53. The van der Waals surface area contributed by atoms with Gasteiger partial charge in [0.1, 0.15) is 18.2 Å². The summed E-state index contributed by atoms with van der Waals surface area (Å²) in [6.45, 7) is 0. The fraction of sp³-hybridized carbons (Fsp3) is 0.440. The number of rotatable bonds is 4. The molecule has 4 aromatic heterocycles. The number of aromatic amines is 1. The second-order valence-electron chi connectivity index (χ2n) is 10.2. The molecule has 12 heteroatoms. The number of nitrogen functional groups attached to an aromatic ring is 1. The molecule has 7 rings (SSSR count). The highest BCUT2D eigenvalue weighted by molar-refractivity contribution is 5.91. The van der Waals surface area contributed by atoms with Gasteiger partial charge in [-0.05, 0) is 50.9 Å². The fourth-order valence-electron chi connectivity index (χ4n) is 6.20. The molecule has 4 aromatic rings. The maximum atomic E-state index is 13.3. The summed E-state index contributed by atoms with van der Waals surface area (Å²) in [5.41, 5.74) is 11.1. The number of hydrogen-bond acceptors (Lipinski definition) is 9. The topological polar surface area (TPSA) is 168 Å². The number of aromatic nitrogens is 8. The van der Waals surface area contributed by atoms with Crippen molar-refractivity contribution in [2.75, 3.05) is 5.73 Å². The molecule has 1 saturated carbocycles. The Morgan fingerprint density at radius 3 is 2.51 bits per heavy atom. The second-order valence-corrected chi connectivity index (χ2v) is 10.2. The van der Waals surface area contributed by atoms with E-state index in [1.54, 1.807) is 23.1 Å². The average molecular weight is 496 g/mol. The van der Waals surface area contributed by atoms with Crippen molar-refractivity contribution in [3.05, 3.63) is 47.8 Å². The number of amides is 1. The van der Waals surface area contributed by atoms with Crippen molar-refractivity contribution in [3.63, 3.8) is 0 Å². The zero-order valence-corrected chi connectivity index (χ0v) is 20.1. The molecule has 2 bridgehead atoms. The summed E-state index contributed by atoms with van der Waals surface area (Å²) < 4.78 is 1.72. The van der Waals surface area contributed by atoms with E-state index in [0.29, 0.717) is 23.2 Å². The normalized spacial score (nSPS) is 23.2. The van der Waals surface area contributed by atoms with Crippen LogP contribution in [-0.4, -0.2) is 62.6 Å². The molecule has 3 aliphatic rings. The van der Waals surface area contributed by atoms with Gasteiger partial charge in [-0.15, -0.1) is 0 Å². The van der Waals surface area contributed by atoms with Crippen LogP contribution in [0, 0.1) is 11.3 Å². The average Bonchev–Trinajstić information content (AvgIpc) is 3.28. The van der Waals surface area contributed by atoms with Crippen LogP contribution in [0.25, 0.3) is 16.8 Å². The molecule has 3 fully saturated rings. The Labute approximate surface area is 212 Å². The van der Waals surface area contributed by atoms with E-state index >= 15 is 0 Å². The van der Waals surface area contributed by atoms with Crippen molar-refractivity contribution in [1.29, 1.82) is 5.26 Å². The van der Waals surface area contributed by atoms with Crippen LogP contribution in [-0.2, 0) is 0 Å². The van der Waals surface area contributed by atoms with Crippen LogP contribution in [0.15, 0.2) is 24.9 Å². The highest BCUT2D eigenvalue weighted by Crippen LogP contribution is 2.49. The van der Waals surface area contributed by atoms with Gasteiger partial charge in [0.25, 0.3) is 5.91 Å². The van der Waals surface area contributed by atoms with Crippen LogP contribution in [0.5, 0.6) is 0 Å². The Morgan fingerprint density at radius 2 is 1.78 bits per heavy atom. The van der Waals surface area contributed by atoms with Crippen LogP contribution in [0.1, 0.15) is 84.5 Å². The van der Waals surface area contributed by atoms with Crippen LogP contribution in [0.4, 0.5) is 5.82 Å². The molecule has 2 saturated heterocycles. The predicted molar refractivity (Wildman–Crippen MR) is 131 cm³/mol. The lowest BCUT2D eigenvalue weighted by Gasteiger charge is -2.28. The molecular formula is C25H25N11O. The van der Waals surface area contributed by atoms with Gasteiger partial charge in [-0.25, -0.2) is 19.9 Å². The van der Waals surface area contributed by atoms with Crippen LogP contribution in [0.3, 0.4) is 0 Å². The minimum atomic E-state index is -0.0742.